The number of aryl methyl sites for hydroxylation is 2. The second-order valence-corrected chi connectivity index (χ2v) is 6.98. The number of carbonyl (C=O) groups is 2. The number of rotatable bonds is 5. The van der Waals surface area contributed by atoms with Crippen molar-refractivity contribution in [2.75, 3.05) is 5.32 Å². The predicted octanol–water partition coefficient (Wildman–Crippen LogP) is 2.83. The number of hydrogen-bond acceptors (Lipinski definition) is 4. The van der Waals surface area contributed by atoms with Crippen molar-refractivity contribution in [3.63, 3.8) is 0 Å². The van der Waals surface area contributed by atoms with Crippen LogP contribution < -0.4 is 10.6 Å². The van der Waals surface area contributed by atoms with E-state index in [1.165, 1.54) is 0 Å². The fraction of sp³-hybridized carbons (Fsp3) is 0.238. The van der Waals surface area contributed by atoms with Crippen LogP contribution in [0.5, 0.6) is 0 Å². The molecule has 1 atom stereocenters. The van der Waals surface area contributed by atoms with Crippen molar-refractivity contribution < 1.29 is 9.59 Å². The zero-order valence-electron chi connectivity index (χ0n) is 15.7. The summed E-state index contributed by atoms with van der Waals surface area (Å²) in [5.41, 5.74) is 4.68. The standard InChI is InChI=1S/C21H21N5O2/c1-12-8-9-13(2)19-18(12)15(21(28)24-19)10-17(27)22-11-16-23-20(26-25-16)14-6-4-3-5-7-14/h3-9,15H,10-11H2,1-2H3,(H,22,27)(H,24,28)(H,23,25,26)/t15-/m0/s1. The van der Waals surface area contributed by atoms with Gasteiger partial charge in [-0.15, -0.1) is 0 Å². The Bertz CT molecular complexity index is 1040. The number of hydrogen-bond donors (Lipinski definition) is 3. The third kappa shape index (κ3) is 3.38. The Kier molecular flexibility index (Phi) is 4.65. The second-order valence-electron chi connectivity index (χ2n) is 6.98. The molecule has 0 fully saturated rings. The molecule has 0 unspecified atom stereocenters. The molecule has 1 aromatic heterocycles. The van der Waals surface area contributed by atoms with E-state index in [1.54, 1.807) is 0 Å². The quantitative estimate of drug-likeness (QED) is 0.638. The molecule has 0 saturated carbocycles. The maximum Gasteiger partial charge on any atom is 0.232 e. The van der Waals surface area contributed by atoms with E-state index in [0.717, 1.165) is 27.9 Å². The highest BCUT2D eigenvalue weighted by Crippen LogP contribution is 2.39. The number of benzene rings is 2. The van der Waals surface area contributed by atoms with E-state index in [9.17, 15) is 9.59 Å². The first-order valence-corrected chi connectivity index (χ1v) is 9.17. The summed E-state index contributed by atoms with van der Waals surface area (Å²) in [4.78, 5) is 29.2. The van der Waals surface area contributed by atoms with Crippen LogP contribution in [-0.4, -0.2) is 27.0 Å². The third-order valence-corrected chi connectivity index (χ3v) is 4.99. The van der Waals surface area contributed by atoms with Crippen molar-refractivity contribution in [2.24, 2.45) is 0 Å². The lowest BCUT2D eigenvalue weighted by Gasteiger charge is -2.12. The number of H-pyrrole nitrogens is 1. The van der Waals surface area contributed by atoms with Crippen LogP contribution in [0.4, 0.5) is 5.69 Å². The Labute approximate surface area is 162 Å². The largest absolute Gasteiger partial charge is 0.349 e. The molecule has 7 heteroatoms. The van der Waals surface area contributed by atoms with Gasteiger partial charge in [0.1, 0.15) is 5.82 Å². The lowest BCUT2D eigenvalue weighted by Crippen LogP contribution is -2.27. The molecule has 0 spiro atoms. The first-order chi connectivity index (χ1) is 13.5. The van der Waals surface area contributed by atoms with Gasteiger partial charge in [0.15, 0.2) is 5.82 Å². The fourth-order valence-electron chi connectivity index (χ4n) is 3.51. The zero-order chi connectivity index (χ0) is 19.7. The lowest BCUT2D eigenvalue weighted by atomic mass is 9.91. The summed E-state index contributed by atoms with van der Waals surface area (Å²) in [6, 6.07) is 13.6. The molecule has 1 aliphatic rings. The van der Waals surface area contributed by atoms with Crippen molar-refractivity contribution in [3.05, 3.63) is 65.0 Å². The molecule has 28 heavy (non-hydrogen) atoms. The number of fused-ring (bicyclic) bond motifs is 1. The molecule has 4 rings (SSSR count). The molecular formula is C21H21N5O2. The van der Waals surface area contributed by atoms with E-state index in [1.807, 2.05) is 56.3 Å². The minimum Gasteiger partial charge on any atom is -0.349 e. The van der Waals surface area contributed by atoms with Gasteiger partial charge in [-0.2, -0.15) is 5.10 Å². The van der Waals surface area contributed by atoms with E-state index in [4.69, 9.17) is 0 Å². The van der Waals surface area contributed by atoms with Gasteiger partial charge in [0.05, 0.1) is 12.5 Å². The Morgan fingerprint density at radius 1 is 1.11 bits per heavy atom. The van der Waals surface area contributed by atoms with Crippen molar-refractivity contribution in [2.45, 2.75) is 32.7 Å². The summed E-state index contributed by atoms with van der Waals surface area (Å²) in [5.74, 6) is 0.347. The van der Waals surface area contributed by atoms with Crippen LogP contribution in [0, 0.1) is 13.8 Å². The average Bonchev–Trinajstić information content (AvgIpc) is 3.30. The normalized spacial score (nSPS) is 15.2. The van der Waals surface area contributed by atoms with Gasteiger partial charge >= 0.3 is 0 Å². The van der Waals surface area contributed by atoms with Gasteiger partial charge in [0.2, 0.25) is 11.8 Å². The maximum absolute atomic E-state index is 12.4. The predicted molar refractivity (Wildman–Crippen MR) is 106 cm³/mol. The SMILES string of the molecule is Cc1ccc(C)c2c1NC(=O)[C@H]2CC(=O)NCc1nc(-c2ccccc2)n[nH]1. The van der Waals surface area contributed by atoms with Crippen LogP contribution in [0.25, 0.3) is 11.4 Å². The monoisotopic (exact) mass is 375 g/mol. The third-order valence-electron chi connectivity index (χ3n) is 4.99. The molecule has 0 bridgehead atoms. The Morgan fingerprint density at radius 2 is 1.86 bits per heavy atom. The summed E-state index contributed by atoms with van der Waals surface area (Å²) in [6.45, 7) is 4.14. The van der Waals surface area contributed by atoms with Crippen LogP contribution >= 0.6 is 0 Å². The van der Waals surface area contributed by atoms with Crippen LogP contribution in [0.1, 0.15) is 34.9 Å². The van der Waals surface area contributed by atoms with E-state index < -0.39 is 5.92 Å². The van der Waals surface area contributed by atoms with E-state index >= 15 is 0 Å². The van der Waals surface area contributed by atoms with Gasteiger partial charge < -0.3 is 10.6 Å². The number of amides is 2. The highest BCUT2D eigenvalue weighted by atomic mass is 16.2. The number of anilines is 1. The minimum absolute atomic E-state index is 0.100. The Balaban J connectivity index is 1.41. The van der Waals surface area contributed by atoms with Crippen molar-refractivity contribution >= 4 is 17.5 Å². The highest BCUT2D eigenvalue weighted by Gasteiger charge is 2.34. The number of nitrogens with zero attached hydrogens (tertiary/aromatic N) is 2. The van der Waals surface area contributed by atoms with Crippen LogP contribution in [0.3, 0.4) is 0 Å². The smallest absolute Gasteiger partial charge is 0.232 e. The van der Waals surface area contributed by atoms with Gasteiger partial charge in [-0.3, -0.25) is 14.7 Å². The van der Waals surface area contributed by atoms with Crippen molar-refractivity contribution in [1.82, 2.24) is 20.5 Å². The van der Waals surface area contributed by atoms with E-state index in [-0.39, 0.29) is 24.8 Å². The number of aromatic nitrogens is 3. The average molecular weight is 375 g/mol. The van der Waals surface area contributed by atoms with Crippen molar-refractivity contribution in [1.29, 1.82) is 0 Å². The molecule has 3 N–H and O–H groups in total. The molecule has 2 heterocycles. The molecule has 142 valence electrons. The van der Waals surface area contributed by atoms with Crippen LogP contribution in [0.15, 0.2) is 42.5 Å². The summed E-state index contributed by atoms with van der Waals surface area (Å²) in [7, 11) is 0. The number of aromatic amines is 1. The van der Waals surface area contributed by atoms with E-state index in [2.05, 4.69) is 25.8 Å². The first-order valence-electron chi connectivity index (χ1n) is 9.17. The minimum atomic E-state index is -0.468. The molecule has 7 nitrogen and oxygen atoms in total. The summed E-state index contributed by atoms with van der Waals surface area (Å²) in [6.07, 6.45) is 0.100. The van der Waals surface area contributed by atoms with Gasteiger partial charge in [-0.1, -0.05) is 42.5 Å². The fourth-order valence-corrected chi connectivity index (χ4v) is 3.51. The van der Waals surface area contributed by atoms with Gasteiger partial charge in [0.25, 0.3) is 0 Å². The van der Waals surface area contributed by atoms with E-state index in [0.29, 0.717) is 11.6 Å². The zero-order valence-corrected chi connectivity index (χ0v) is 15.7. The first kappa shape index (κ1) is 17.9. The summed E-state index contributed by atoms with van der Waals surface area (Å²) in [5, 5.41) is 12.8. The van der Waals surface area contributed by atoms with Crippen LogP contribution in [0.2, 0.25) is 0 Å². The molecule has 3 aromatic rings. The van der Waals surface area contributed by atoms with Crippen molar-refractivity contribution in [3.8, 4) is 11.4 Å². The lowest BCUT2D eigenvalue weighted by molar-refractivity contribution is -0.125. The number of nitrogens with one attached hydrogen (secondary N) is 3. The molecule has 0 radical (unpaired) electrons. The van der Waals surface area contributed by atoms with Gasteiger partial charge in [0, 0.05) is 17.7 Å². The molecule has 0 aliphatic carbocycles. The van der Waals surface area contributed by atoms with Gasteiger partial charge in [-0.25, -0.2) is 4.98 Å². The Morgan fingerprint density at radius 3 is 2.64 bits per heavy atom. The molecule has 0 saturated heterocycles. The maximum atomic E-state index is 12.4. The summed E-state index contributed by atoms with van der Waals surface area (Å²) >= 11 is 0. The molecule has 2 aromatic carbocycles. The number of carbonyl (C=O) groups excluding carboxylic acids is 2. The Hall–Kier alpha value is -3.48. The molecule has 2 amide bonds. The molecular weight excluding hydrogens is 354 g/mol. The summed E-state index contributed by atoms with van der Waals surface area (Å²) < 4.78 is 0. The molecule has 1 aliphatic heterocycles. The topological polar surface area (TPSA) is 99.8 Å². The van der Waals surface area contributed by atoms with Crippen LogP contribution in [-0.2, 0) is 16.1 Å². The second kappa shape index (κ2) is 7.26. The van der Waals surface area contributed by atoms with Gasteiger partial charge in [-0.05, 0) is 30.5 Å². The highest BCUT2D eigenvalue weighted by molar-refractivity contribution is 6.06.